The molecule has 1 aromatic carbocycles. The largest absolute Gasteiger partial charge is 0.351 e. The van der Waals surface area contributed by atoms with Gasteiger partial charge in [-0.15, -0.1) is 0 Å². The van der Waals surface area contributed by atoms with E-state index in [0.717, 1.165) is 50.1 Å². The van der Waals surface area contributed by atoms with Crippen LogP contribution in [-0.2, 0) is 17.8 Å². The molecule has 0 atom stereocenters. The molecule has 1 aromatic heterocycles. The minimum absolute atomic E-state index is 0.0882. The number of aromatic nitrogens is 1. The van der Waals surface area contributed by atoms with Gasteiger partial charge >= 0.3 is 0 Å². The summed E-state index contributed by atoms with van der Waals surface area (Å²) in [6.07, 6.45) is 5.98. The first-order chi connectivity index (χ1) is 15.1. The van der Waals surface area contributed by atoms with Gasteiger partial charge in [0.05, 0.1) is 5.56 Å². The fraction of sp³-hybridized carbons (Fsp3) is 0.500. The Hall–Kier alpha value is -2.73. The lowest BCUT2D eigenvalue weighted by Gasteiger charge is -2.33. The van der Waals surface area contributed by atoms with Crippen molar-refractivity contribution in [1.29, 1.82) is 0 Å². The van der Waals surface area contributed by atoms with Gasteiger partial charge in [0.1, 0.15) is 0 Å². The maximum Gasteiger partial charge on any atom is 0.257 e. The van der Waals surface area contributed by atoms with Crippen LogP contribution in [0.4, 0.5) is 5.69 Å². The van der Waals surface area contributed by atoms with Crippen molar-refractivity contribution in [2.45, 2.75) is 66.0 Å². The number of rotatable bonds is 6. The molecule has 0 saturated carbocycles. The first-order valence-corrected chi connectivity index (χ1v) is 11.5. The predicted molar refractivity (Wildman–Crippen MR) is 129 cm³/mol. The number of carbonyl (C=O) groups excluding carboxylic acids is 2. The summed E-state index contributed by atoms with van der Waals surface area (Å²) in [6.45, 7) is 12.7. The molecule has 0 spiro atoms. The number of likely N-dealkylation sites (tertiary alicyclic amines) is 1. The highest BCUT2D eigenvalue weighted by molar-refractivity contribution is 6.04. The molecule has 32 heavy (non-hydrogen) atoms. The Morgan fingerprint density at radius 1 is 1.06 bits per heavy atom. The number of hydrogen-bond acceptors (Lipinski definition) is 4. The van der Waals surface area contributed by atoms with E-state index in [1.54, 1.807) is 12.4 Å². The van der Waals surface area contributed by atoms with E-state index in [-0.39, 0.29) is 23.3 Å². The van der Waals surface area contributed by atoms with Crippen LogP contribution in [0.15, 0.2) is 36.7 Å². The topological polar surface area (TPSA) is 74.3 Å². The van der Waals surface area contributed by atoms with Gasteiger partial charge in [-0.1, -0.05) is 13.0 Å². The highest BCUT2D eigenvalue weighted by atomic mass is 16.2. The lowest BCUT2D eigenvalue weighted by atomic mass is 9.94. The second-order valence-corrected chi connectivity index (χ2v) is 9.89. The molecule has 2 heterocycles. The molecule has 1 saturated heterocycles. The number of pyridine rings is 1. The molecule has 2 aromatic rings. The van der Waals surface area contributed by atoms with Crippen LogP contribution >= 0.6 is 0 Å². The van der Waals surface area contributed by atoms with Gasteiger partial charge in [-0.05, 0) is 94.9 Å². The highest BCUT2D eigenvalue weighted by Gasteiger charge is 2.27. The number of piperidine rings is 1. The fourth-order valence-electron chi connectivity index (χ4n) is 4.10. The standard InChI is InChI=1S/C26H36N4O2/c1-6-19-12-20(14-23(13-19)28-24(31)22-11-18(2)15-27-16-22)17-30-9-7-21(8-10-30)25(32)29-26(3,4)5/h11-16,21H,6-10,17H2,1-5H3,(H,28,31)(H,29,32). The minimum atomic E-state index is -0.190. The van der Waals surface area contributed by atoms with E-state index in [9.17, 15) is 9.59 Å². The van der Waals surface area contributed by atoms with E-state index in [4.69, 9.17) is 0 Å². The van der Waals surface area contributed by atoms with Crippen LogP contribution in [0.5, 0.6) is 0 Å². The molecular weight excluding hydrogens is 400 g/mol. The number of nitrogens with zero attached hydrogens (tertiary/aromatic N) is 2. The van der Waals surface area contributed by atoms with Gasteiger partial charge in [-0.25, -0.2) is 0 Å². The van der Waals surface area contributed by atoms with Crippen molar-refractivity contribution in [3.63, 3.8) is 0 Å². The van der Waals surface area contributed by atoms with Crippen molar-refractivity contribution in [2.24, 2.45) is 5.92 Å². The SMILES string of the molecule is CCc1cc(CN2CCC(C(=O)NC(C)(C)C)CC2)cc(NC(=O)c2cncc(C)c2)c1. The second-order valence-electron chi connectivity index (χ2n) is 9.89. The van der Waals surface area contributed by atoms with Crippen LogP contribution in [0.25, 0.3) is 0 Å². The van der Waals surface area contributed by atoms with E-state index < -0.39 is 0 Å². The molecule has 6 heteroatoms. The van der Waals surface area contributed by atoms with Crippen LogP contribution in [0.1, 0.15) is 67.6 Å². The molecule has 0 unspecified atom stereocenters. The first kappa shape index (κ1) is 23.9. The average molecular weight is 437 g/mol. The van der Waals surface area contributed by atoms with Gasteiger partial charge in [0.25, 0.3) is 5.91 Å². The van der Waals surface area contributed by atoms with Crippen LogP contribution in [-0.4, -0.2) is 40.3 Å². The molecular formula is C26H36N4O2. The summed E-state index contributed by atoms with van der Waals surface area (Å²) in [7, 11) is 0. The monoisotopic (exact) mass is 436 g/mol. The first-order valence-electron chi connectivity index (χ1n) is 11.5. The minimum Gasteiger partial charge on any atom is -0.351 e. The van der Waals surface area contributed by atoms with E-state index >= 15 is 0 Å². The third kappa shape index (κ3) is 6.89. The summed E-state index contributed by atoms with van der Waals surface area (Å²) in [4.78, 5) is 31.7. The van der Waals surface area contributed by atoms with Gasteiger partial charge < -0.3 is 10.6 Å². The van der Waals surface area contributed by atoms with Crippen molar-refractivity contribution >= 4 is 17.5 Å². The zero-order valence-electron chi connectivity index (χ0n) is 20.0. The smallest absolute Gasteiger partial charge is 0.257 e. The maximum atomic E-state index is 12.7. The number of benzene rings is 1. The molecule has 1 aliphatic heterocycles. The summed E-state index contributed by atoms with van der Waals surface area (Å²) in [5.41, 5.74) is 4.51. The van der Waals surface area contributed by atoms with E-state index in [1.165, 1.54) is 11.1 Å². The van der Waals surface area contributed by atoms with Gasteiger partial charge in [0.2, 0.25) is 5.91 Å². The van der Waals surface area contributed by atoms with Gasteiger partial charge in [0.15, 0.2) is 0 Å². The summed E-state index contributed by atoms with van der Waals surface area (Å²) in [5, 5.41) is 6.14. The summed E-state index contributed by atoms with van der Waals surface area (Å²) in [5.74, 6) is 0.108. The van der Waals surface area contributed by atoms with Crippen molar-refractivity contribution in [3.05, 3.63) is 58.9 Å². The molecule has 1 aliphatic rings. The lowest BCUT2D eigenvalue weighted by Crippen LogP contribution is -2.46. The van der Waals surface area contributed by atoms with Crippen molar-refractivity contribution in [1.82, 2.24) is 15.2 Å². The number of amides is 2. The van der Waals surface area contributed by atoms with Crippen LogP contribution in [0.2, 0.25) is 0 Å². The summed E-state index contributed by atoms with van der Waals surface area (Å²) in [6, 6.07) is 8.14. The molecule has 0 radical (unpaired) electrons. The molecule has 2 N–H and O–H groups in total. The number of carbonyl (C=O) groups is 2. The van der Waals surface area contributed by atoms with E-state index in [0.29, 0.717) is 5.56 Å². The highest BCUT2D eigenvalue weighted by Crippen LogP contribution is 2.23. The predicted octanol–water partition coefficient (Wildman–Crippen LogP) is 4.33. The van der Waals surface area contributed by atoms with Crippen molar-refractivity contribution in [2.75, 3.05) is 18.4 Å². The van der Waals surface area contributed by atoms with E-state index in [1.807, 2.05) is 39.8 Å². The molecule has 0 aliphatic carbocycles. The van der Waals surface area contributed by atoms with Crippen LogP contribution < -0.4 is 10.6 Å². The summed E-state index contributed by atoms with van der Waals surface area (Å²) < 4.78 is 0. The Morgan fingerprint density at radius 2 is 1.75 bits per heavy atom. The fourth-order valence-corrected chi connectivity index (χ4v) is 4.10. The molecule has 1 fully saturated rings. The average Bonchev–Trinajstić information content (AvgIpc) is 2.72. The molecule has 172 valence electrons. The van der Waals surface area contributed by atoms with Gasteiger partial charge in [0, 0.05) is 36.1 Å². The van der Waals surface area contributed by atoms with Gasteiger partial charge in [-0.2, -0.15) is 0 Å². The Kier molecular flexibility index (Phi) is 7.67. The number of aryl methyl sites for hydroxylation is 2. The van der Waals surface area contributed by atoms with Crippen molar-refractivity contribution in [3.8, 4) is 0 Å². The van der Waals surface area contributed by atoms with Crippen LogP contribution in [0.3, 0.4) is 0 Å². The Morgan fingerprint density at radius 3 is 2.38 bits per heavy atom. The van der Waals surface area contributed by atoms with Crippen LogP contribution in [0, 0.1) is 12.8 Å². The number of hydrogen-bond donors (Lipinski definition) is 2. The molecule has 6 nitrogen and oxygen atoms in total. The normalized spacial score (nSPS) is 15.4. The van der Waals surface area contributed by atoms with Crippen molar-refractivity contribution < 1.29 is 9.59 Å². The second kappa shape index (κ2) is 10.3. The Bertz CT molecular complexity index is 957. The van der Waals surface area contributed by atoms with E-state index in [2.05, 4.69) is 39.6 Å². The Labute approximate surface area is 191 Å². The zero-order chi connectivity index (χ0) is 23.3. The zero-order valence-corrected chi connectivity index (χ0v) is 20.0. The third-order valence-electron chi connectivity index (χ3n) is 5.72. The lowest BCUT2D eigenvalue weighted by molar-refractivity contribution is -0.127. The molecule has 0 bridgehead atoms. The number of nitrogens with one attached hydrogen (secondary N) is 2. The molecule has 3 rings (SSSR count). The number of anilines is 1. The maximum absolute atomic E-state index is 12.7. The Balaban J connectivity index is 1.62. The summed E-state index contributed by atoms with van der Waals surface area (Å²) >= 11 is 0. The quantitative estimate of drug-likeness (QED) is 0.707. The third-order valence-corrected chi connectivity index (χ3v) is 5.72. The molecule has 2 amide bonds. The van der Waals surface area contributed by atoms with Gasteiger partial charge in [-0.3, -0.25) is 19.5 Å².